The highest BCUT2D eigenvalue weighted by molar-refractivity contribution is 6.19. The molecule has 14 nitrogen and oxygen atoms in total. The van der Waals surface area contributed by atoms with Crippen LogP contribution in [0.1, 0.15) is 22.3 Å². The van der Waals surface area contributed by atoms with E-state index in [-0.39, 0.29) is 103 Å². The normalized spacial score (nSPS) is 11.8. The van der Waals surface area contributed by atoms with Crippen molar-refractivity contribution < 1.29 is 15.3 Å². The van der Waals surface area contributed by atoms with Crippen LogP contribution in [0.5, 0.6) is 17.4 Å². The number of hydrogen-bond acceptors (Lipinski definition) is 12. The van der Waals surface area contributed by atoms with Gasteiger partial charge >= 0.3 is 0 Å². The number of benzene rings is 4. The fourth-order valence-corrected chi connectivity index (χ4v) is 7.60. The van der Waals surface area contributed by atoms with Gasteiger partial charge in [0.1, 0.15) is 11.5 Å². The minimum atomic E-state index is -0.483. The Labute approximate surface area is 386 Å². The smallest absolute Gasteiger partial charge is 0.263 e. The minimum absolute atomic E-state index is 0. The molecule has 4 N–H and O–H groups in total. The molecule has 2 aliphatic rings. The van der Waals surface area contributed by atoms with Crippen molar-refractivity contribution in [1.82, 2.24) is 28.7 Å². The third-order valence-electron chi connectivity index (χ3n) is 10.5. The summed E-state index contributed by atoms with van der Waals surface area (Å²) in [6.45, 7) is 3.05. The number of phenolic OH excluding ortho intramolecular Hbond substituents is 2. The zero-order valence-corrected chi connectivity index (χ0v) is 39.8. The van der Waals surface area contributed by atoms with Gasteiger partial charge in [-0.05, 0) is 105 Å². The lowest BCUT2D eigenvalue weighted by atomic mass is 9.89. The standard InChI is InChI=1S/C44H56N8O6.4ClH/c1-47(2)17-19-51-41(55)31-23-33(45-15-13-27-9-11-35(53)29(21-27)25-49(5)6)38-40-37(31)32(42(51)56)24-34(39(40)44(58)52(43(38)57)20-18-48(3)4)46-16-14-28-10-12-36(54)30(22-28)26-50(7)8;;;;/h9-12,21-24,45,53-54,58H,13-20,25-26H2,1-8H3;4*1H. The van der Waals surface area contributed by atoms with Gasteiger partial charge in [-0.1, -0.05) is 24.3 Å². The molecule has 340 valence electrons. The highest BCUT2D eigenvalue weighted by atomic mass is 35.5. The summed E-state index contributed by atoms with van der Waals surface area (Å²) in [6, 6.07) is 14.3. The van der Waals surface area contributed by atoms with E-state index < -0.39 is 16.7 Å². The summed E-state index contributed by atoms with van der Waals surface area (Å²) in [7, 11) is 15.3. The molecular formula is C44H60Cl4N8O6. The number of halogens is 4. The summed E-state index contributed by atoms with van der Waals surface area (Å²) in [6.07, 6.45) is 1.05. The Balaban J connectivity index is 0.00000331. The molecule has 1 aliphatic carbocycles. The number of nitrogens with zero attached hydrogens (tertiary/aromatic N) is 7. The van der Waals surface area contributed by atoms with Crippen molar-refractivity contribution in [3.8, 4) is 28.5 Å². The first-order valence-electron chi connectivity index (χ1n) is 19.6. The van der Waals surface area contributed by atoms with Gasteiger partial charge < -0.3 is 40.2 Å². The predicted molar refractivity (Wildman–Crippen MR) is 260 cm³/mol. The number of phenols is 2. The van der Waals surface area contributed by atoms with Crippen molar-refractivity contribution >= 4 is 76.9 Å². The third-order valence-corrected chi connectivity index (χ3v) is 10.5. The number of likely N-dealkylation sites (N-methyl/N-ethyl adjacent to an activating group) is 2. The molecular weight excluding hydrogens is 878 g/mol. The maximum absolute atomic E-state index is 14.7. The first-order valence-corrected chi connectivity index (χ1v) is 19.6. The Bertz CT molecular complexity index is 2650. The Morgan fingerprint density at radius 1 is 0.597 bits per heavy atom. The van der Waals surface area contributed by atoms with E-state index >= 15 is 0 Å². The minimum Gasteiger partial charge on any atom is -0.508 e. The van der Waals surface area contributed by atoms with Gasteiger partial charge in [0.25, 0.3) is 16.7 Å². The number of aromatic hydroxyl groups is 3. The van der Waals surface area contributed by atoms with E-state index in [0.717, 1.165) is 22.3 Å². The lowest BCUT2D eigenvalue weighted by Gasteiger charge is -2.23. The topological polar surface area (TPSA) is 159 Å². The van der Waals surface area contributed by atoms with Gasteiger partial charge in [0.05, 0.1) is 27.1 Å². The third kappa shape index (κ3) is 11.6. The Morgan fingerprint density at radius 2 is 1.13 bits per heavy atom. The number of nitrogens with one attached hydrogen (secondary N) is 1. The summed E-state index contributed by atoms with van der Waals surface area (Å²) >= 11 is 0. The van der Waals surface area contributed by atoms with E-state index in [9.17, 15) is 29.7 Å². The molecule has 0 saturated carbocycles. The molecule has 62 heavy (non-hydrogen) atoms. The summed E-state index contributed by atoms with van der Waals surface area (Å²) in [4.78, 5) is 56.0. The molecule has 0 atom stereocenters. The number of rotatable bonds is 17. The molecule has 0 unspecified atom stereocenters. The molecule has 3 aromatic carbocycles. The Kier molecular flexibility index (Phi) is 19.8. The second-order valence-corrected chi connectivity index (χ2v) is 16.3. The van der Waals surface area contributed by atoms with Crippen LogP contribution in [0.15, 0.2) is 67.9 Å². The van der Waals surface area contributed by atoms with E-state index in [1.807, 2.05) is 100 Å². The van der Waals surface area contributed by atoms with Gasteiger partial charge in [-0.15, -0.1) is 49.6 Å². The number of pyridine rings is 2. The fourth-order valence-electron chi connectivity index (χ4n) is 7.60. The molecule has 0 radical (unpaired) electrons. The van der Waals surface area contributed by atoms with Crippen molar-refractivity contribution in [2.75, 3.05) is 87.9 Å². The molecule has 18 heteroatoms. The fraction of sp³-hybridized carbons (Fsp3) is 0.409. The molecule has 0 fully saturated rings. The molecule has 6 rings (SSSR count). The van der Waals surface area contributed by atoms with Crippen LogP contribution in [0.25, 0.3) is 32.7 Å². The molecule has 2 heterocycles. The Hall–Kier alpha value is -4.38. The zero-order valence-electron chi connectivity index (χ0n) is 36.5. The van der Waals surface area contributed by atoms with Crippen LogP contribution in [0.3, 0.4) is 0 Å². The molecule has 1 aromatic heterocycles. The van der Waals surface area contributed by atoms with E-state index in [4.69, 9.17) is 4.99 Å². The predicted octanol–water partition coefficient (Wildman–Crippen LogP) is 4.51. The van der Waals surface area contributed by atoms with Crippen molar-refractivity contribution in [1.29, 1.82) is 0 Å². The number of hydrogen-bond donors (Lipinski definition) is 4. The van der Waals surface area contributed by atoms with E-state index in [1.165, 1.54) is 9.13 Å². The van der Waals surface area contributed by atoms with Gasteiger partial charge in [-0.3, -0.25) is 28.5 Å². The highest BCUT2D eigenvalue weighted by Crippen LogP contribution is 2.40. The van der Waals surface area contributed by atoms with Crippen LogP contribution < -0.4 is 27.4 Å². The average molecular weight is 939 g/mol. The lowest BCUT2D eigenvalue weighted by molar-refractivity contribution is 0.353. The van der Waals surface area contributed by atoms with Crippen LogP contribution in [0.4, 0.5) is 5.69 Å². The van der Waals surface area contributed by atoms with Crippen LogP contribution >= 0.6 is 49.6 Å². The summed E-state index contributed by atoms with van der Waals surface area (Å²) in [5, 5.41) is 37.9. The molecule has 0 saturated heterocycles. The second kappa shape index (κ2) is 22.8. The monoisotopic (exact) mass is 936 g/mol. The molecule has 0 bridgehead atoms. The quantitative estimate of drug-likeness (QED) is 0.0955. The van der Waals surface area contributed by atoms with Crippen LogP contribution in [0, 0.1) is 0 Å². The van der Waals surface area contributed by atoms with E-state index in [1.54, 1.807) is 24.3 Å². The van der Waals surface area contributed by atoms with Gasteiger partial charge in [0.2, 0.25) is 5.88 Å². The summed E-state index contributed by atoms with van der Waals surface area (Å²) in [5.41, 5.74) is 3.11. The van der Waals surface area contributed by atoms with Crippen molar-refractivity contribution in [3.63, 3.8) is 0 Å². The number of aromatic nitrogens is 2. The number of anilines is 1. The first kappa shape index (κ1) is 53.8. The van der Waals surface area contributed by atoms with E-state index in [0.29, 0.717) is 72.9 Å². The van der Waals surface area contributed by atoms with Crippen molar-refractivity contribution in [2.24, 2.45) is 4.99 Å². The summed E-state index contributed by atoms with van der Waals surface area (Å²) < 4.78 is 2.59. The van der Waals surface area contributed by atoms with Crippen LogP contribution in [0.2, 0.25) is 0 Å². The van der Waals surface area contributed by atoms with Gasteiger partial charge in [-0.25, -0.2) is 0 Å². The maximum Gasteiger partial charge on any atom is 0.263 e. The Morgan fingerprint density at radius 3 is 1.66 bits per heavy atom. The zero-order chi connectivity index (χ0) is 42.0. The first-order chi connectivity index (χ1) is 27.5. The van der Waals surface area contributed by atoms with Gasteiger partial charge in [0.15, 0.2) is 0 Å². The second-order valence-electron chi connectivity index (χ2n) is 16.3. The van der Waals surface area contributed by atoms with Crippen molar-refractivity contribution in [3.05, 3.63) is 107 Å². The van der Waals surface area contributed by atoms with E-state index in [2.05, 4.69) is 5.32 Å². The van der Waals surface area contributed by atoms with Crippen LogP contribution in [-0.2, 0) is 39.0 Å². The average Bonchev–Trinajstić information content (AvgIpc) is 3.14. The van der Waals surface area contributed by atoms with Crippen LogP contribution in [-0.4, -0.2) is 127 Å². The molecule has 4 aromatic rings. The molecule has 1 aliphatic heterocycles. The largest absolute Gasteiger partial charge is 0.508 e. The maximum atomic E-state index is 14.7. The highest BCUT2D eigenvalue weighted by Gasteiger charge is 2.29. The SMILES string of the molecule is CN(C)CCn1c(O)c2c(=NCCc3ccc(O)c(CN(C)C)c3)cc3c(=O)n(CCN(C)C)c(=O)c4cc(NCCc5ccc(O)c(CN(C)C)c5)c(c1=O)c2c4-3.Cl.Cl.Cl.Cl. The lowest BCUT2D eigenvalue weighted by Crippen LogP contribution is -2.39. The van der Waals surface area contributed by atoms with Gasteiger partial charge in [-0.2, -0.15) is 0 Å². The van der Waals surface area contributed by atoms with Crippen molar-refractivity contribution in [2.45, 2.75) is 39.0 Å². The molecule has 0 amide bonds. The molecule has 0 spiro atoms. The van der Waals surface area contributed by atoms with Gasteiger partial charge in [0, 0.05) is 80.1 Å². The summed E-state index contributed by atoms with van der Waals surface area (Å²) in [5.74, 6) is 0.154.